The fourth-order valence-electron chi connectivity index (χ4n) is 4.22. The average molecular weight is 439 g/mol. The zero-order valence-electron chi connectivity index (χ0n) is 18.5. The van der Waals surface area contributed by atoms with Crippen LogP contribution in [-0.4, -0.2) is 43.6 Å². The van der Waals surface area contributed by atoms with Crippen molar-refractivity contribution in [1.29, 1.82) is 0 Å². The molecule has 1 aliphatic rings. The Kier molecular flexibility index (Phi) is 6.92. The lowest BCUT2D eigenvalue weighted by Crippen LogP contribution is -2.17. The van der Waals surface area contributed by atoms with Crippen LogP contribution < -0.4 is 0 Å². The number of ketones is 1. The van der Waals surface area contributed by atoms with Gasteiger partial charge in [-0.05, 0) is 45.2 Å². The first-order chi connectivity index (χ1) is 15.1. The summed E-state index contributed by atoms with van der Waals surface area (Å²) in [7, 11) is 0. The SMILES string of the molecule is CCn1c(Cc2ccccc2)nnc1SCC(=O)c1cc(C)n(CC2CCCO2)c1C. The lowest BCUT2D eigenvalue weighted by Gasteiger charge is -2.14. The molecule has 1 aliphatic heterocycles. The van der Waals surface area contributed by atoms with Gasteiger partial charge in [0.15, 0.2) is 10.9 Å². The van der Waals surface area contributed by atoms with Crippen molar-refractivity contribution >= 4 is 17.5 Å². The molecule has 1 unspecified atom stereocenters. The van der Waals surface area contributed by atoms with E-state index in [2.05, 4.69) is 45.3 Å². The van der Waals surface area contributed by atoms with Crippen LogP contribution in [0.3, 0.4) is 0 Å². The summed E-state index contributed by atoms with van der Waals surface area (Å²) in [5.41, 5.74) is 4.15. The standard InChI is InChI=1S/C24H30N4O2S/c1-4-27-23(14-19-9-6-5-7-10-19)25-26-24(27)31-16-22(29)21-13-17(2)28(18(21)3)15-20-11-8-12-30-20/h5-7,9-10,13,20H,4,8,11-12,14-16H2,1-3H3. The number of hydrogen-bond donors (Lipinski definition) is 0. The maximum Gasteiger partial charge on any atom is 0.191 e. The molecule has 7 heteroatoms. The van der Waals surface area contributed by atoms with E-state index in [-0.39, 0.29) is 11.9 Å². The molecule has 0 radical (unpaired) electrons. The summed E-state index contributed by atoms with van der Waals surface area (Å²) >= 11 is 1.47. The van der Waals surface area contributed by atoms with E-state index in [1.54, 1.807) is 0 Å². The molecule has 1 atom stereocenters. The van der Waals surface area contributed by atoms with Crippen molar-refractivity contribution in [2.75, 3.05) is 12.4 Å². The summed E-state index contributed by atoms with van der Waals surface area (Å²) in [6.45, 7) is 8.63. The van der Waals surface area contributed by atoms with Gasteiger partial charge in [0.25, 0.3) is 0 Å². The second-order valence-electron chi connectivity index (χ2n) is 8.05. The molecule has 1 fully saturated rings. The minimum absolute atomic E-state index is 0.131. The van der Waals surface area contributed by atoms with Crippen molar-refractivity contribution in [3.05, 3.63) is 64.7 Å². The molecule has 3 aromatic rings. The van der Waals surface area contributed by atoms with Crippen molar-refractivity contribution < 1.29 is 9.53 Å². The number of ether oxygens (including phenoxy) is 1. The van der Waals surface area contributed by atoms with Crippen LogP contribution in [0.1, 0.15) is 52.9 Å². The van der Waals surface area contributed by atoms with E-state index in [1.165, 1.54) is 17.3 Å². The summed E-state index contributed by atoms with van der Waals surface area (Å²) in [6, 6.07) is 12.3. The van der Waals surface area contributed by atoms with E-state index in [4.69, 9.17) is 4.74 Å². The fraction of sp³-hybridized carbons (Fsp3) is 0.458. The number of carbonyl (C=O) groups is 1. The normalized spacial score (nSPS) is 16.2. The smallest absolute Gasteiger partial charge is 0.191 e. The molecule has 1 aromatic carbocycles. The van der Waals surface area contributed by atoms with Gasteiger partial charge in [-0.1, -0.05) is 42.1 Å². The quantitative estimate of drug-likeness (QED) is 0.365. The third-order valence-electron chi connectivity index (χ3n) is 5.93. The summed E-state index contributed by atoms with van der Waals surface area (Å²) in [4.78, 5) is 13.0. The Hall–Kier alpha value is -2.38. The van der Waals surface area contributed by atoms with Crippen LogP contribution in [0.5, 0.6) is 0 Å². The van der Waals surface area contributed by atoms with Crippen molar-refractivity contribution in [2.45, 2.75) is 64.4 Å². The number of carbonyl (C=O) groups excluding carboxylic acids is 1. The zero-order valence-corrected chi connectivity index (χ0v) is 19.3. The highest BCUT2D eigenvalue weighted by Crippen LogP contribution is 2.24. The van der Waals surface area contributed by atoms with Gasteiger partial charge in [0, 0.05) is 43.1 Å². The Morgan fingerprint density at radius 2 is 2.00 bits per heavy atom. The van der Waals surface area contributed by atoms with Crippen LogP contribution in [0.25, 0.3) is 0 Å². The molecule has 3 heterocycles. The number of Topliss-reactive ketones (excluding diaryl/α,β-unsaturated/α-hetero) is 1. The van der Waals surface area contributed by atoms with Gasteiger partial charge in [-0.15, -0.1) is 10.2 Å². The van der Waals surface area contributed by atoms with Gasteiger partial charge in [-0.2, -0.15) is 0 Å². The first-order valence-electron chi connectivity index (χ1n) is 11.0. The highest BCUT2D eigenvalue weighted by Gasteiger charge is 2.22. The Balaban J connectivity index is 1.43. The van der Waals surface area contributed by atoms with Gasteiger partial charge in [0.05, 0.1) is 11.9 Å². The first-order valence-corrected chi connectivity index (χ1v) is 12.0. The number of thioether (sulfide) groups is 1. The number of hydrogen-bond acceptors (Lipinski definition) is 5. The average Bonchev–Trinajstić information content (AvgIpc) is 3.49. The Bertz CT molecular complexity index is 1040. The van der Waals surface area contributed by atoms with Crippen LogP contribution >= 0.6 is 11.8 Å². The number of aryl methyl sites for hydroxylation is 1. The highest BCUT2D eigenvalue weighted by atomic mass is 32.2. The van der Waals surface area contributed by atoms with Gasteiger partial charge < -0.3 is 13.9 Å². The van der Waals surface area contributed by atoms with Crippen molar-refractivity contribution in [3.63, 3.8) is 0 Å². The monoisotopic (exact) mass is 438 g/mol. The molecular weight excluding hydrogens is 408 g/mol. The highest BCUT2D eigenvalue weighted by molar-refractivity contribution is 7.99. The van der Waals surface area contributed by atoms with Crippen LogP contribution in [0.4, 0.5) is 0 Å². The predicted octanol–water partition coefficient (Wildman–Crippen LogP) is 4.46. The summed E-state index contributed by atoms with van der Waals surface area (Å²) < 4.78 is 10.1. The van der Waals surface area contributed by atoms with E-state index in [0.29, 0.717) is 5.75 Å². The molecule has 0 saturated carbocycles. The van der Waals surface area contributed by atoms with Crippen molar-refractivity contribution in [2.24, 2.45) is 0 Å². The largest absolute Gasteiger partial charge is 0.376 e. The molecule has 0 bridgehead atoms. The van der Waals surface area contributed by atoms with Crippen molar-refractivity contribution in [3.8, 4) is 0 Å². The summed E-state index contributed by atoms with van der Waals surface area (Å²) in [5, 5.41) is 9.55. The fourth-order valence-corrected chi connectivity index (χ4v) is 5.12. The van der Waals surface area contributed by atoms with Crippen LogP contribution in [0.2, 0.25) is 0 Å². The Morgan fingerprint density at radius 1 is 1.19 bits per heavy atom. The molecule has 0 aliphatic carbocycles. The second kappa shape index (κ2) is 9.83. The number of benzene rings is 1. The molecule has 4 rings (SSSR count). The maximum atomic E-state index is 13.0. The third kappa shape index (κ3) is 4.93. The van der Waals surface area contributed by atoms with E-state index in [9.17, 15) is 4.79 Å². The number of rotatable bonds is 9. The lowest BCUT2D eigenvalue weighted by atomic mass is 10.1. The van der Waals surface area contributed by atoms with Crippen LogP contribution in [-0.2, 0) is 24.2 Å². The molecule has 0 amide bonds. The molecule has 6 nitrogen and oxygen atoms in total. The zero-order chi connectivity index (χ0) is 21.8. The number of aromatic nitrogens is 4. The minimum atomic E-state index is 0.131. The lowest BCUT2D eigenvalue weighted by molar-refractivity contribution is 0.0957. The van der Waals surface area contributed by atoms with E-state index >= 15 is 0 Å². The third-order valence-corrected chi connectivity index (χ3v) is 6.90. The molecule has 31 heavy (non-hydrogen) atoms. The van der Waals surface area contributed by atoms with Gasteiger partial charge in [-0.25, -0.2) is 0 Å². The molecule has 0 spiro atoms. The maximum absolute atomic E-state index is 13.0. The topological polar surface area (TPSA) is 61.9 Å². The van der Waals surface area contributed by atoms with Gasteiger partial charge in [-0.3, -0.25) is 4.79 Å². The minimum Gasteiger partial charge on any atom is -0.376 e. The van der Waals surface area contributed by atoms with E-state index in [0.717, 1.165) is 66.9 Å². The molecule has 2 aromatic heterocycles. The molecule has 0 N–H and O–H groups in total. The van der Waals surface area contributed by atoms with Crippen LogP contribution in [0, 0.1) is 13.8 Å². The predicted molar refractivity (Wildman–Crippen MR) is 123 cm³/mol. The number of nitrogens with zero attached hydrogens (tertiary/aromatic N) is 4. The van der Waals surface area contributed by atoms with Gasteiger partial charge in [0.1, 0.15) is 5.82 Å². The van der Waals surface area contributed by atoms with E-state index < -0.39 is 0 Å². The van der Waals surface area contributed by atoms with Crippen molar-refractivity contribution in [1.82, 2.24) is 19.3 Å². The summed E-state index contributed by atoms with van der Waals surface area (Å²) in [6.07, 6.45) is 3.21. The molecule has 1 saturated heterocycles. The van der Waals surface area contributed by atoms with Crippen LogP contribution in [0.15, 0.2) is 41.6 Å². The molecule has 164 valence electrons. The second-order valence-corrected chi connectivity index (χ2v) is 8.99. The Labute approximate surface area is 188 Å². The molecular formula is C24H30N4O2S. The van der Waals surface area contributed by atoms with E-state index in [1.807, 2.05) is 31.2 Å². The first kappa shape index (κ1) is 21.8. The Morgan fingerprint density at radius 3 is 2.71 bits per heavy atom. The van der Waals surface area contributed by atoms with Gasteiger partial charge >= 0.3 is 0 Å². The summed E-state index contributed by atoms with van der Waals surface area (Å²) in [5.74, 6) is 1.42. The van der Waals surface area contributed by atoms with Gasteiger partial charge in [0.2, 0.25) is 0 Å².